The quantitative estimate of drug-likeness (QED) is 0.401. The molecule has 4 N–H and O–H groups in total. The van der Waals surface area contributed by atoms with Crippen molar-refractivity contribution in [1.29, 1.82) is 0 Å². The van der Waals surface area contributed by atoms with Crippen LogP contribution in [-0.4, -0.2) is 39.2 Å². The number of aromatic nitrogens is 2. The number of hydrogen-bond acceptors (Lipinski definition) is 6. The van der Waals surface area contributed by atoms with Crippen molar-refractivity contribution >= 4 is 11.6 Å². The summed E-state index contributed by atoms with van der Waals surface area (Å²) < 4.78 is 49.5. The maximum absolute atomic E-state index is 14.8. The van der Waals surface area contributed by atoms with Crippen LogP contribution in [0.15, 0.2) is 42.7 Å². The summed E-state index contributed by atoms with van der Waals surface area (Å²) in [6, 6.07) is 5.50. The number of nitrogens with zero attached hydrogens (tertiary/aromatic N) is 2. The Balaban J connectivity index is 1.61. The van der Waals surface area contributed by atoms with E-state index < -0.39 is 46.3 Å². The lowest BCUT2D eigenvalue weighted by atomic mass is 9.68. The number of hydrogen-bond donors (Lipinski definition) is 3. The fourth-order valence-corrected chi connectivity index (χ4v) is 4.88. The number of pyridine rings is 2. The van der Waals surface area contributed by atoms with Crippen LogP contribution >= 0.6 is 0 Å². The van der Waals surface area contributed by atoms with E-state index in [9.17, 15) is 23.1 Å². The Labute approximate surface area is 219 Å². The van der Waals surface area contributed by atoms with E-state index in [2.05, 4.69) is 15.3 Å². The van der Waals surface area contributed by atoms with Gasteiger partial charge in [0.05, 0.1) is 29.7 Å². The average molecular weight is 529 g/mol. The van der Waals surface area contributed by atoms with Gasteiger partial charge in [-0.15, -0.1) is 0 Å². The normalized spacial score (nSPS) is 23.3. The van der Waals surface area contributed by atoms with E-state index in [-0.39, 0.29) is 29.7 Å². The van der Waals surface area contributed by atoms with Gasteiger partial charge >= 0.3 is 0 Å². The molecule has 2 heterocycles. The predicted molar refractivity (Wildman–Crippen MR) is 137 cm³/mol. The number of ether oxygens (including phenoxy) is 1. The van der Waals surface area contributed by atoms with Crippen molar-refractivity contribution in [1.82, 2.24) is 9.97 Å². The van der Waals surface area contributed by atoms with Crippen LogP contribution in [0.1, 0.15) is 61.1 Å². The zero-order valence-corrected chi connectivity index (χ0v) is 21.5. The fourth-order valence-electron chi connectivity index (χ4n) is 4.88. The molecule has 1 aliphatic rings. The van der Waals surface area contributed by atoms with Gasteiger partial charge in [-0.25, -0.2) is 18.2 Å². The first-order chi connectivity index (χ1) is 18.0. The Morgan fingerprint density at radius 2 is 1.89 bits per heavy atom. The highest BCUT2D eigenvalue weighted by atomic mass is 19.1. The molecule has 1 amide bonds. The number of aliphatic hydroxyl groups is 1. The van der Waals surface area contributed by atoms with Crippen LogP contribution in [0.2, 0.25) is 0 Å². The fraction of sp³-hybridized carbons (Fsp3) is 0.393. The zero-order valence-electron chi connectivity index (χ0n) is 21.5. The molecule has 0 unspecified atom stereocenters. The molecular formula is C28H31F3N4O3. The van der Waals surface area contributed by atoms with Gasteiger partial charge in [0.15, 0.2) is 0 Å². The number of anilines is 1. The SMILES string of the molecule is CCOCc1cc(F)c(-c2nc(C(=O)Nc3cnccc3[C@H]3C[C@@H](N)[C@](C)(O)[C@@H](C)C3)ccc2F)c(F)c1. The number of nitrogens with one attached hydrogen (secondary N) is 1. The number of rotatable bonds is 7. The molecule has 1 aromatic carbocycles. The molecule has 0 radical (unpaired) electrons. The van der Waals surface area contributed by atoms with Crippen LogP contribution in [0.25, 0.3) is 11.3 Å². The van der Waals surface area contributed by atoms with E-state index in [0.717, 1.165) is 29.8 Å². The Morgan fingerprint density at radius 3 is 2.55 bits per heavy atom. The highest BCUT2D eigenvalue weighted by Crippen LogP contribution is 2.42. The highest BCUT2D eigenvalue weighted by molar-refractivity contribution is 6.03. The molecule has 0 aliphatic heterocycles. The summed E-state index contributed by atoms with van der Waals surface area (Å²) in [5, 5.41) is 13.4. The molecule has 0 bridgehead atoms. The molecule has 202 valence electrons. The van der Waals surface area contributed by atoms with E-state index in [1.165, 1.54) is 6.20 Å². The number of amides is 1. The molecule has 7 nitrogen and oxygen atoms in total. The van der Waals surface area contributed by atoms with Crippen LogP contribution in [-0.2, 0) is 11.3 Å². The molecule has 1 saturated carbocycles. The Hall–Kier alpha value is -3.34. The maximum Gasteiger partial charge on any atom is 0.274 e. The molecule has 1 fully saturated rings. The number of benzene rings is 1. The van der Waals surface area contributed by atoms with Gasteiger partial charge in [0.2, 0.25) is 0 Å². The van der Waals surface area contributed by atoms with Gasteiger partial charge in [0.1, 0.15) is 28.8 Å². The summed E-state index contributed by atoms with van der Waals surface area (Å²) >= 11 is 0. The van der Waals surface area contributed by atoms with Gasteiger partial charge in [0, 0.05) is 18.8 Å². The lowest BCUT2D eigenvalue weighted by Gasteiger charge is -2.44. The van der Waals surface area contributed by atoms with Crippen LogP contribution in [0, 0.1) is 23.4 Å². The van der Waals surface area contributed by atoms with Gasteiger partial charge in [-0.2, -0.15) is 0 Å². The molecule has 3 aromatic rings. The van der Waals surface area contributed by atoms with Crippen molar-refractivity contribution < 1.29 is 27.8 Å². The van der Waals surface area contributed by atoms with Crippen molar-refractivity contribution in [2.75, 3.05) is 11.9 Å². The zero-order chi connectivity index (χ0) is 27.6. The Kier molecular flexibility index (Phi) is 8.15. The smallest absolute Gasteiger partial charge is 0.274 e. The second-order valence-electron chi connectivity index (χ2n) is 9.92. The first kappa shape index (κ1) is 27.7. The second-order valence-corrected chi connectivity index (χ2v) is 9.92. The van der Waals surface area contributed by atoms with E-state index in [1.807, 2.05) is 6.92 Å². The van der Waals surface area contributed by atoms with E-state index in [1.54, 1.807) is 26.1 Å². The summed E-state index contributed by atoms with van der Waals surface area (Å²) in [6.45, 7) is 5.77. The minimum atomic E-state index is -1.02. The number of carbonyl (C=O) groups excluding carboxylic acids is 1. The summed E-state index contributed by atoms with van der Waals surface area (Å²) in [7, 11) is 0. The summed E-state index contributed by atoms with van der Waals surface area (Å²) in [4.78, 5) is 21.2. The van der Waals surface area contributed by atoms with Crippen molar-refractivity contribution in [3.63, 3.8) is 0 Å². The summed E-state index contributed by atoms with van der Waals surface area (Å²) in [5.41, 5.74) is 5.18. The van der Waals surface area contributed by atoms with Crippen LogP contribution < -0.4 is 11.1 Å². The van der Waals surface area contributed by atoms with E-state index >= 15 is 0 Å². The third-order valence-electron chi connectivity index (χ3n) is 7.36. The molecule has 38 heavy (non-hydrogen) atoms. The molecule has 0 saturated heterocycles. The summed E-state index contributed by atoms with van der Waals surface area (Å²) in [6.07, 6.45) is 4.23. The third-order valence-corrected chi connectivity index (χ3v) is 7.36. The maximum atomic E-state index is 14.8. The molecule has 4 atom stereocenters. The second kappa shape index (κ2) is 11.2. The third kappa shape index (κ3) is 5.57. The van der Waals surface area contributed by atoms with Gasteiger partial charge in [-0.05, 0) is 80.0 Å². The molecule has 4 rings (SSSR count). The lowest BCUT2D eigenvalue weighted by Crippen LogP contribution is -2.54. The van der Waals surface area contributed by atoms with Gasteiger partial charge in [0.25, 0.3) is 5.91 Å². The predicted octanol–water partition coefficient (Wildman–Crippen LogP) is 4.94. The number of carbonyl (C=O) groups is 1. The van der Waals surface area contributed by atoms with Crippen LogP contribution in [0.3, 0.4) is 0 Å². The molecular weight excluding hydrogens is 497 g/mol. The Bertz CT molecular complexity index is 1300. The molecule has 1 aliphatic carbocycles. The van der Waals surface area contributed by atoms with Crippen molar-refractivity contribution in [3.8, 4) is 11.3 Å². The molecule has 10 heteroatoms. The lowest BCUT2D eigenvalue weighted by molar-refractivity contribution is -0.0463. The first-order valence-electron chi connectivity index (χ1n) is 12.5. The van der Waals surface area contributed by atoms with Crippen LogP contribution in [0.5, 0.6) is 0 Å². The minimum Gasteiger partial charge on any atom is -0.388 e. The average Bonchev–Trinajstić information content (AvgIpc) is 2.87. The van der Waals surface area contributed by atoms with Gasteiger partial charge in [-0.3, -0.25) is 9.78 Å². The highest BCUT2D eigenvalue weighted by Gasteiger charge is 2.42. The van der Waals surface area contributed by atoms with Gasteiger partial charge < -0.3 is 20.9 Å². The largest absolute Gasteiger partial charge is 0.388 e. The van der Waals surface area contributed by atoms with Crippen LogP contribution in [0.4, 0.5) is 18.9 Å². The van der Waals surface area contributed by atoms with E-state index in [0.29, 0.717) is 25.1 Å². The topological polar surface area (TPSA) is 110 Å². The standard InChI is InChI=1S/C28H31F3N4O3/c1-4-38-14-16-10-20(30)25(21(31)11-16)26-19(29)5-6-22(34-26)27(36)35-23-13-33-8-7-18(23)17-9-15(2)28(3,37)24(32)12-17/h5-8,10-11,13,15,17,24,37H,4,9,12,14,32H2,1-3H3,(H,35,36)/t15-,17+,24+,28+/m0/s1. The van der Waals surface area contributed by atoms with Gasteiger partial charge in [-0.1, -0.05) is 6.92 Å². The van der Waals surface area contributed by atoms with Crippen molar-refractivity contribution in [2.24, 2.45) is 11.7 Å². The molecule has 2 aromatic heterocycles. The number of nitrogens with two attached hydrogens (primary N) is 1. The van der Waals surface area contributed by atoms with Crippen molar-refractivity contribution in [3.05, 3.63) is 77.0 Å². The van der Waals surface area contributed by atoms with Crippen molar-refractivity contribution in [2.45, 2.75) is 57.8 Å². The van der Waals surface area contributed by atoms with E-state index in [4.69, 9.17) is 10.5 Å². The Morgan fingerprint density at radius 1 is 1.18 bits per heavy atom. The molecule has 0 spiro atoms. The first-order valence-corrected chi connectivity index (χ1v) is 12.5. The monoisotopic (exact) mass is 528 g/mol. The number of halogens is 3. The summed E-state index contributed by atoms with van der Waals surface area (Å²) in [5.74, 6) is -3.84. The minimum absolute atomic E-state index is 0.00135.